The van der Waals surface area contributed by atoms with E-state index >= 15 is 0 Å². The van der Waals surface area contributed by atoms with Crippen LogP contribution in [0.25, 0.3) is 0 Å². The number of carbonyl (C=O) groups excluding carboxylic acids is 1. The molecule has 5 nitrogen and oxygen atoms in total. The zero-order valence-corrected chi connectivity index (χ0v) is 15.3. The molecule has 0 spiro atoms. The first-order valence-electron chi connectivity index (χ1n) is 8.69. The van der Waals surface area contributed by atoms with Crippen LogP contribution in [0.1, 0.15) is 43.5 Å². The van der Waals surface area contributed by atoms with Gasteiger partial charge in [-0.3, -0.25) is 14.2 Å². The van der Waals surface area contributed by atoms with Crippen molar-refractivity contribution in [3.63, 3.8) is 0 Å². The lowest BCUT2D eigenvalue weighted by molar-refractivity contribution is -0.119. The largest absolute Gasteiger partial charge is 0.312 e. The number of thioether (sulfide) groups is 1. The second kappa shape index (κ2) is 6.33. The summed E-state index contributed by atoms with van der Waals surface area (Å²) in [7, 11) is 0. The molecule has 2 aromatic rings. The molecule has 1 aromatic heterocycles. The SMILES string of the molecule is CC(C)c1cc(=O)n2c(n1)SC[C@@H]2CC(=O)N1CCc2ccccc21. The molecule has 0 radical (unpaired) electrons. The van der Waals surface area contributed by atoms with Crippen LogP contribution in [-0.4, -0.2) is 27.8 Å². The van der Waals surface area contributed by atoms with Crippen molar-refractivity contribution in [2.45, 2.75) is 43.8 Å². The summed E-state index contributed by atoms with van der Waals surface area (Å²) >= 11 is 1.57. The maximum absolute atomic E-state index is 12.8. The quantitative estimate of drug-likeness (QED) is 0.794. The molecule has 0 unspecified atom stereocenters. The summed E-state index contributed by atoms with van der Waals surface area (Å²) in [4.78, 5) is 31.8. The van der Waals surface area contributed by atoms with Crippen LogP contribution >= 0.6 is 11.8 Å². The van der Waals surface area contributed by atoms with Gasteiger partial charge >= 0.3 is 0 Å². The third-order valence-electron chi connectivity index (χ3n) is 4.90. The van der Waals surface area contributed by atoms with Crippen molar-refractivity contribution in [3.05, 3.63) is 51.9 Å². The van der Waals surface area contributed by atoms with E-state index in [0.29, 0.717) is 6.42 Å². The Morgan fingerprint density at radius 1 is 1.36 bits per heavy atom. The van der Waals surface area contributed by atoms with Crippen LogP contribution in [0.3, 0.4) is 0 Å². The number of anilines is 1. The third kappa shape index (κ3) is 2.88. The highest BCUT2D eigenvalue weighted by Crippen LogP contribution is 2.35. The molecule has 6 heteroatoms. The Morgan fingerprint density at radius 3 is 2.96 bits per heavy atom. The fourth-order valence-corrected chi connectivity index (χ4v) is 4.68. The number of nitrogens with zero attached hydrogens (tertiary/aromatic N) is 3. The Balaban J connectivity index is 1.57. The third-order valence-corrected chi connectivity index (χ3v) is 6.00. The molecule has 0 saturated heterocycles. The summed E-state index contributed by atoms with van der Waals surface area (Å²) in [5, 5.41) is 0.746. The van der Waals surface area contributed by atoms with E-state index in [4.69, 9.17) is 0 Å². The molecule has 1 aromatic carbocycles. The van der Waals surface area contributed by atoms with Crippen LogP contribution in [0.4, 0.5) is 5.69 Å². The lowest BCUT2D eigenvalue weighted by Gasteiger charge is -2.20. The van der Waals surface area contributed by atoms with Crippen LogP contribution < -0.4 is 10.5 Å². The fraction of sp³-hybridized carbons (Fsp3) is 0.421. The summed E-state index contributed by atoms with van der Waals surface area (Å²) < 4.78 is 1.70. The highest BCUT2D eigenvalue weighted by molar-refractivity contribution is 7.99. The zero-order chi connectivity index (χ0) is 17.6. The molecule has 1 atom stereocenters. The summed E-state index contributed by atoms with van der Waals surface area (Å²) in [5.74, 6) is 1.04. The predicted octanol–water partition coefficient (Wildman–Crippen LogP) is 2.99. The van der Waals surface area contributed by atoms with Crippen molar-refractivity contribution in [3.8, 4) is 0 Å². The van der Waals surface area contributed by atoms with Crippen LogP contribution in [0.2, 0.25) is 0 Å². The molecule has 0 aliphatic carbocycles. The Morgan fingerprint density at radius 2 is 2.16 bits per heavy atom. The second-order valence-corrected chi connectivity index (χ2v) is 7.91. The molecule has 2 aliphatic heterocycles. The van der Waals surface area contributed by atoms with Gasteiger partial charge in [0.05, 0.1) is 11.7 Å². The van der Waals surface area contributed by atoms with E-state index in [-0.39, 0.29) is 23.4 Å². The number of para-hydroxylation sites is 1. The second-order valence-electron chi connectivity index (χ2n) is 6.92. The summed E-state index contributed by atoms with van der Waals surface area (Å²) in [6.07, 6.45) is 1.24. The molecular formula is C19H21N3O2S. The van der Waals surface area contributed by atoms with Crippen LogP contribution in [-0.2, 0) is 11.2 Å². The van der Waals surface area contributed by atoms with E-state index < -0.39 is 0 Å². The number of benzene rings is 1. The lowest BCUT2D eigenvalue weighted by atomic mass is 10.1. The highest BCUT2D eigenvalue weighted by atomic mass is 32.2. The van der Waals surface area contributed by atoms with Crippen molar-refractivity contribution in [2.75, 3.05) is 17.2 Å². The van der Waals surface area contributed by atoms with Gasteiger partial charge in [-0.25, -0.2) is 4.98 Å². The van der Waals surface area contributed by atoms with Crippen LogP contribution in [0.15, 0.2) is 40.3 Å². The van der Waals surface area contributed by atoms with Gasteiger partial charge in [-0.15, -0.1) is 0 Å². The summed E-state index contributed by atoms with van der Waals surface area (Å²) in [5.41, 5.74) is 3.01. The predicted molar refractivity (Wildman–Crippen MR) is 99.5 cm³/mol. The van der Waals surface area contributed by atoms with Gasteiger partial charge in [-0.05, 0) is 24.0 Å². The standard InChI is InChI=1S/C19H21N3O2S/c1-12(2)15-10-18(24)22-14(11-25-19(22)20-15)9-17(23)21-8-7-13-5-3-4-6-16(13)21/h3-6,10,12,14H,7-9,11H2,1-2H3/t14-/m0/s1. The van der Waals surface area contributed by atoms with Crippen molar-refractivity contribution in [1.29, 1.82) is 0 Å². The van der Waals surface area contributed by atoms with Gasteiger partial charge in [0.25, 0.3) is 5.56 Å². The van der Waals surface area contributed by atoms with Gasteiger partial charge in [0, 0.05) is 30.5 Å². The van der Waals surface area contributed by atoms with Crippen molar-refractivity contribution >= 4 is 23.4 Å². The van der Waals surface area contributed by atoms with E-state index in [1.807, 2.05) is 36.9 Å². The Hall–Kier alpha value is -2.08. The molecule has 1 amide bonds. The topological polar surface area (TPSA) is 55.2 Å². The minimum atomic E-state index is -0.110. The van der Waals surface area contributed by atoms with Gasteiger partial charge in [0.1, 0.15) is 0 Å². The first-order chi connectivity index (χ1) is 12.0. The average molecular weight is 355 g/mol. The number of fused-ring (bicyclic) bond motifs is 2. The van der Waals surface area contributed by atoms with Crippen LogP contribution in [0, 0.1) is 0 Å². The Labute approximate surface area is 151 Å². The Bertz CT molecular complexity index is 890. The molecule has 130 valence electrons. The highest BCUT2D eigenvalue weighted by Gasteiger charge is 2.31. The van der Waals surface area contributed by atoms with Crippen LogP contribution in [0.5, 0.6) is 0 Å². The number of hydrogen-bond donors (Lipinski definition) is 0. The monoisotopic (exact) mass is 355 g/mol. The summed E-state index contributed by atoms with van der Waals surface area (Å²) in [6, 6.07) is 9.55. The number of carbonyl (C=O) groups is 1. The van der Waals surface area contributed by atoms with Crippen molar-refractivity contribution in [1.82, 2.24) is 9.55 Å². The number of hydrogen-bond acceptors (Lipinski definition) is 4. The molecular weight excluding hydrogens is 334 g/mol. The number of aromatic nitrogens is 2. The lowest BCUT2D eigenvalue weighted by Crippen LogP contribution is -2.33. The molecule has 25 heavy (non-hydrogen) atoms. The molecule has 0 bridgehead atoms. The smallest absolute Gasteiger partial charge is 0.254 e. The average Bonchev–Trinajstić information content (AvgIpc) is 3.19. The maximum atomic E-state index is 12.8. The van der Waals surface area contributed by atoms with E-state index in [9.17, 15) is 9.59 Å². The van der Waals surface area contributed by atoms with E-state index in [1.165, 1.54) is 5.56 Å². The normalized spacial score (nSPS) is 18.5. The first kappa shape index (κ1) is 16.4. The summed E-state index contributed by atoms with van der Waals surface area (Å²) in [6.45, 7) is 4.79. The zero-order valence-electron chi connectivity index (χ0n) is 14.4. The minimum absolute atomic E-state index is 0.0432. The number of amides is 1. The van der Waals surface area contributed by atoms with E-state index in [1.54, 1.807) is 22.4 Å². The molecule has 3 heterocycles. The van der Waals surface area contributed by atoms with E-state index in [2.05, 4.69) is 11.1 Å². The molecule has 0 saturated carbocycles. The van der Waals surface area contributed by atoms with Gasteiger partial charge in [-0.2, -0.15) is 0 Å². The Kier molecular flexibility index (Phi) is 4.15. The van der Waals surface area contributed by atoms with E-state index in [0.717, 1.165) is 35.3 Å². The molecule has 4 rings (SSSR count). The molecule has 0 fully saturated rings. The minimum Gasteiger partial charge on any atom is -0.312 e. The number of rotatable bonds is 3. The maximum Gasteiger partial charge on any atom is 0.254 e. The van der Waals surface area contributed by atoms with Gasteiger partial charge in [-0.1, -0.05) is 43.8 Å². The van der Waals surface area contributed by atoms with Gasteiger partial charge in [0.15, 0.2) is 5.16 Å². The van der Waals surface area contributed by atoms with Crippen molar-refractivity contribution in [2.24, 2.45) is 0 Å². The fourth-order valence-electron chi connectivity index (χ4n) is 3.53. The molecule has 2 aliphatic rings. The van der Waals surface area contributed by atoms with Gasteiger partial charge in [0.2, 0.25) is 5.91 Å². The van der Waals surface area contributed by atoms with Gasteiger partial charge < -0.3 is 4.90 Å². The van der Waals surface area contributed by atoms with Crippen molar-refractivity contribution < 1.29 is 4.79 Å². The molecule has 0 N–H and O–H groups in total. The first-order valence-corrected chi connectivity index (χ1v) is 9.67.